The Morgan fingerprint density at radius 2 is 1.72 bits per heavy atom. The molecule has 3 atom stereocenters. The first-order valence-corrected chi connectivity index (χ1v) is 13.7. The number of amides is 3. The number of carbonyl (C=O) groups excluding carboxylic acids is 3. The topological polar surface area (TPSA) is 148 Å². The summed E-state index contributed by atoms with van der Waals surface area (Å²) in [7, 11) is 1.63. The molecule has 0 heterocycles. The number of benzene rings is 2. The third kappa shape index (κ3) is 9.36. The number of rotatable bonds is 14. The van der Waals surface area contributed by atoms with Gasteiger partial charge in [-0.3, -0.25) is 14.4 Å². The van der Waals surface area contributed by atoms with E-state index in [0.717, 1.165) is 28.4 Å². The van der Waals surface area contributed by atoms with Crippen LogP contribution in [0.1, 0.15) is 30.9 Å². The van der Waals surface area contributed by atoms with E-state index in [1.807, 2.05) is 24.3 Å². The van der Waals surface area contributed by atoms with Crippen LogP contribution in [0.25, 0.3) is 0 Å². The van der Waals surface area contributed by atoms with Crippen LogP contribution in [0, 0.1) is 5.92 Å². The number of carboxylic acids is 1. The minimum atomic E-state index is -1.11. The van der Waals surface area contributed by atoms with Crippen LogP contribution in [0.2, 0.25) is 0 Å². The highest BCUT2D eigenvalue weighted by molar-refractivity contribution is 9.10. The second-order valence-electron chi connectivity index (χ2n) is 9.84. The quantitative estimate of drug-likeness (QED) is 0.221. The number of halogens is 1. The molecule has 0 aliphatic heterocycles. The molecular weight excluding hydrogens is 568 g/mol. The Balaban J connectivity index is 1.58. The molecule has 210 valence electrons. The largest absolute Gasteiger partial charge is 0.508 e. The van der Waals surface area contributed by atoms with Gasteiger partial charge in [0.15, 0.2) is 0 Å². The fraction of sp³-hybridized carbons (Fsp3) is 0.429. The third-order valence-electron chi connectivity index (χ3n) is 6.66. The number of nitrogens with one attached hydrogen (secondary N) is 3. The number of likely N-dealkylation sites (N-methyl/N-ethyl adjacent to an activating group) is 1. The van der Waals surface area contributed by atoms with Gasteiger partial charge in [-0.25, -0.2) is 4.79 Å². The molecule has 0 radical (unpaired) electrons. The summed E-state index contributed by atoms with van der Waals surface area (Å²) in [5.74, 6) is -2.17. The Kier molecular flexibility index (Phi) is 10.9. The Morgan fingerprint density at radius 1 is 1.03 bits per heavy atom. The molecule has 0 saturated heterocycles. The normalized spacial score (nSPS) is 15.1. The molecule has 1 saturated carbocycles. The third-order valence-corrected chi connectivity index (χ3v) is 7.15. The van der Waals surface area contributed by atoms with Crippen LogP contribution in [0.5, 0.6) is 5.75 Å². The zero-order valence-electron chi connectivity index (χ0n) is 22.0. The summed E-state index contributed by atoms with van der Waals surface area (Å²) in [4.78, 5) is 52.2. The van der Waals surface area contributed by atoms with Crippen LogP contribution in [0.4, 0.5) is 0 Å². The van der Waals surface area contributed by atoms with Crippen molar-refractivity contribution in [3.63, 3.8) is 0 Å². The second kappa shape index (κ2) is 14.1. The molecule has 0 aromatic heterocycles. The minimum Gasteiger partial charge on any atom is -0.508 e. The summed E-state index contributed by atoms with van der Waals surface area (Å²) in [6.45, 7) is 1.45. The fourth-order valence-electron chi connectivity index (χ4n) is 4.19. The SMILES string of the molecule is CN[C@@H](Cc1ccc(O)cc1)C(=O)N[C@H](C)C(=O)NCC(=O)N(CC1CC1)[C@@H](Cc1cccc(Br)c1)C(=O)O. The lowest BCUT2D eigenvalue weighted by Crippen LogP contribution is -2.54. The first-order valence-electron chi connectivity index (χ1n) is 12.9. The molecule has 5 N–H and O–H groups in total. The van der Waals surface area contributed by atoms with Gasteiger partial charge in [0.25, 0.3) is 0 Å². The average Bonchev–Trinajstić information content (AvgIpc) is 3.72. The summed E-state index contributed by atoms with van der Waals surface area (Å²) in [5, 5.41) is 27.5. The van der Waals surface area contributed by atoms with E-state index in [4.69, 9.17) is 0 Å². The molecular formula is C28H35BrN4O6. The maximum atomic E-state index is 13.2. The van der Waals surface area contributed by atoms with Gasteiger partial charge in [0.2, 0.25) is 17.7 Å². The van der Waals surface area contributed by atoms with Crippen molar-refractivity contribution in [3.8, 4) is 5.75 Å². The Hall–Kier alpha value is -3.44. The molecule has 11 heteroatoms. The molecule has 39 heavy (non-hydrogen) atoms. The number of hydrogen-bond acceptors (Lipinski definition) is 6. The van der Waals surface area contributed by atoms with Crippen molar-refractivity contribution >= 4 is 39.6 Å². The molecule has 3 rings (SSSR count). The van der Waals surface area contributed by atoms with Gasteiger partial charge < -0.3 is 31.1 Å². The number of phenolic OH excluding ortho intramolecular Hbond substituents is 1. The fourth-order valence-corrected chi connectivity index (χ4v) is 4.64. The Morgan fingerprint density at radius 3 is 2.31 bits per heavy atom. The maximum Gasteiger partial charge on any atom is 0.326 e. The molecule has 1 aliphatic rings. The monoisotopic (exact) mass is 602 g/mol. The highest BCUT2D eigenvalue weighted by Gasteiger charge is 2.35. The van der Waals surface area contributed by atoms with Crippen molar-refractivity contribution in [2.75, 3.05) is 20.1 Å². The number of hydrogen-bond donors (Lipinski definition) is 5. The first-order chi connectivity index (χ1) is 18.6. The molecule has 1 aliphatic carbocycles. The Labute approximate surface area is 236 Å². The molecule has 2 aromatic carbocycles. The predicted octanol–water partition coefficient (Wildman–Crippen LogP) is 1.84. The van der Waals surface area contributed by atoms with Crippen LogP contribution < -0.4 is 16.0 Å². The highest BCUT2D eigenvalue weighted by Crippen LogP contribution is 2.31. The standard InChI is InChI=1S/C28H35BrN4O6/c1-17(32-27(37)23(30-2)13-18-8-10-22(34)11-9-18)26(36)31-15-25(35)33(16-19-6-7-19)24(28(38)39)14-20-4-3-5-21(29)12-20/h3-5,8-12,17,19,23-24,30,34H,6-7,13-16H2,1-2H3,(H,31,36)(H,32,37)(H,38,39)/t17-,23+,24+/m1/s1. The van der Waals surface area contributed by atoms with Gasteiger partial charge in [-0.15, -0.1) is 0 Å². The molecule has 0 spiro atoms. The minimum absolute atomic E-state index is 0.127. The lowest BCUT2D eigenvalue weighted by molar-refractivity contribution is -0.150. The number of nitrogens with zero attached hydrogens (tertiary/aromatic N) is 1. The molecule has 10 nitrogen and oxygen atoms in total. The molecule has 0 bridgehead atoms. The number of aliphatic carboxylic acids is 1. The molecule has 0 unspecified atom stereocenters. The van der Waals surface area contributed by atoms with Gasteiger partial charge >= 0.3 is 5.97 Å². The van der Waals surface area contributed by atoms with Gasteiger partial charge in [0.1, 0.15) is 17.8 Å². The first kappa shape index (κ1) is 30.1. The zero-order chi connectivity index (χ0) is 28.5. The zero-order valence-corrected chi connectivity index (χ0v) is 23.6. The van der Waals surface area contributed by atoms with Gasteiger partial charge in [0, 0.05) is 17.4 Å². The summed E-state index contributed by atoms with van der Waals surface area (Å²) in [6, 6.07) is 11.2. The van der Waals surface area contributed by atoms with Crippen LogP contribution in [-0.2, 0) is 32.0 Å². The van der Waals surface area contributed by atoms with E-state index in [9.17, 15) is 29.4 Å². The van der Waals surface area contributed by atoms with E-state index in [-0.39, 0.29) is 24.6 Å². The molecule has 3 amide bonds. The number of carboxylic acid groups (broad SMARTS) is 1. The van der Waals surface area contributed by atoms with Crippen molar-refractivity contribution < 1.29 is 29.4 Å². The number of carbonyl (C=O) groups is 4. The van der Waals surface area contributed by atoms with Crippen LogP contribution >= 0.6 is 15.9 Å². The Bertz CT molecular complexity index is 1170. The summed E-state index contributed by atoms with van der Waals surface area (Å²) < 4.78 is 0.816. The van der Waals surface area contributed by atoms with Crippen molar-refractivity contribution in [2.24, 2.45) is 5.92 Å². The highest BCUT2D eigenvalue weighted by atomic mass is 79.9. The average molecular weight is 604 g/mol. The lowest BCUT2D eigenvalue weighted by atomic mass is 10.0. The number of aromatic hydroxyl groups is 1. The summed E-state index contributed by atoms with van der Waals surface area (Å²) in [6.07, 6.45) is 2.35. The van der Waals surface area contributed by atoms with Crippen LogP contribution in [-0.4, -0.2) is 77.1 Å². The van der Waals surface area contributed by atoms with Gasteiger partial charge in [-0.2, -0.15) is 0 Å². The molecule has 2 aromatic rings. The lowest BCUT2D eigenvalue weighted by Gasteiger charge is -2.30. The van der Waals surface area contributed by atoms with Gasteiger partial charge in [0.05, 0.1) is 12.6 Å². The van der Waals surface area contributed by atoms with E-state index < -0.39 is 41.8 Å². The van der Waals surface area contributed by atoms with Gasteiger partial charge in [-0.1, -0.05) is 40.2 Å². The van der Waals surface area contributed by atoms with Crippen molar-refractivity contribution in [2.45, 2.75) is 50.7 Å². The maximum absolute atomic E-state index is 13.2. The van der Waals surface area contributed by atoms with Crippen molar-refractivity contribution in [3.05, 3.63) is 64.1 Å². The van der Waals surface area contributed by atoms with E-state index in [0.29, 0.717) is 13.0 Å². The van der Waals surface area contributed by atoms with E-state index in [1.165, 1.54) is 24.0 Å². The van der Waals surface area contributed by atoms with E-state index in [2.05, 4.69) is 31.9 Å². The smallest absolute Gasteiger partial charge is 0.326 e. The second-order valence-corrected chi connectivity index (χ2v) is 10.8. The number of phenols is 1. The molecule has 1 fully saturated rings. The van der Waals surface area contributed by atoms with Crippen molar-refractivity contribution in [1.29, 1.82) is 0 Å². The summed E-state index contributed by atoms with van der Waals surface area (Å²) >= 11 is 3.39. The van der Waals surface area contributed by atoms with Crippen molar-refractivity contribution in [1.82, 2.24) is 20.9 Å². The van der Waals surface area contributed by atoms with E-state index in [1.54, 1.807) is 19.2 Å². The van der Waals surface area contributed by atoms with Gasteiger partial charge in [-0.05, 0) is 74.5 Å². The summed E-state index contributed by atoms with van der Waals surface area (Å²) in [5.41, 5.74) is 1.61. The predicted molar refractivity (Wildman–Crippen MR) is 149 cm³/mol. The van der Waals surface area contributed by atoms with Crippen LogP contribution in [0.15, 0.2) is 53.0 Å². The van der Waals surface area contributed by atoms with E-state index >= 15 is 0 Å². The van der Waals surface area contributed by atoms with Crippen LogP contribution in [0.3, 0.4) is 0 Å².